The van der Waals surface area contributed by atoms with Crippen molar-refractivity contribution in [1.29, 1.82) is 0 Å². The molecule has 5 atom stereocenters. The van der Waals surface area contributed by atoms with Crippen LogP contribution < -0.4 is 0 Å². The average Bonchev–Trinajstić information content (AvgIpc) is 2.88. The molecule has 3 saturated carbocycles. The zero-order valence-corrected chi connectivity index (χ0v) is 14.4. The molecule has 0 amide bonds. The number of hydrogen-bond acceptors (Lipinski definition) is 4. The van der Waals surface area contributed by atoms with E-state index in [1.807, 2.05) is 0 Å². The molecule has 0 N–H and O–H groups in total. The maximum atomic E-state index is 12.5. The number of carbonyl (C=O) groups excluding carboxylic acids is 1. The highest BCUT2D eigenvalue weighted by atomic mass is 16.7. The highest BCUT2D eigenvalue weighted by Crippen LogP contribution is 2.73. The lowest BCUT2D eigenvalue weighted by Gasteiger charge is -2.48. The Morgan fingerprint density at radius 1 is 1.12 bits per heavy atom. The average molecular weight is 330 g/mol. The molecular formula is C20H26O4. The third kappa shape index (κ3) is 1.47. The molecule has 6 rings (SSSR count). The van der Waals surface area contributed by atoms with Crippen LogP contribution in [0.15, 0.2) is 11.6 Å². The quantitative estimate of drug-likeness (QED) is 0.506. The third-order valence-electron chi connectivity index (χ3n) is 8.38. The Hall–Kier alpha value is -0.710. The molecule has 24 heavy (non-hydrogen) atoms. The Morgan fingerprint density at radius 2 is 1.96 bits per heavy atom. The fourth-order valence-corrected chi connectivity index (χ4v) is 7.11. The van der Waals surface area contributed by atoms with E-state index in [-0.39, 0.29) is 22.4 Å². The molecule has 4 aliphatic carbocycles. The van der Waals surface area contributed by atoms with E-state index in [1.54, 1.807) is 5.57 Å². The normalized spacial score (nSPS) is 53.9. The molecule has 4 heteroatoms. The molecule has 2 saturated heterocycles. The molecule has 0 aromatic heterocycles. The van der Waals surface area contributed by atoms with Gasteiger partial charge in [0.05, 0.1) is 13.2 Å². The van der Waals surface area contributed by atoms with E-state index in [2.05, 4.69) is 13.0 Å². The topological polar surface area (TPSA) is 48.1 Å². The molecule has 6 aliphatic rings. The van der Waals surface area contributed by atoms with Crippen LogP contribution in [-0.2, 0) is 19.0 Å². The first-order chi connectivity index (χ1) is 11.5. The molecule has 2 aliphatic heterocycles. The van der Waals surface area contributed by atoms with Crippen molar-refractivity contribution in [3.63, 3.8) is 0 Å². The smallest absolute Gasteiger partial charge is 0.171 e. The van der Waals surface area contributed by atoms with Crippen LogP contribution in [0.5, 0.6) is 0 Å². The van der Waals surface area contributed by atoms with Crippen LogP contribution in [0.3, 0.4) is 0 Å². The van der Waals surface area contributed by atoms with Crippen LogP contribution in [0, 0.1) is 17.3 Å². The van der Waals surface area contributed by atoms with Gasteiger partial charge < -0.3 is 14.2 Å². The summed E-state index contributed by atoms with van der Waals surface area (Å²) in [7, 11) is 0. The van der Waals surface area contributed by atoms with Crippen molar-refractivity contribution in [2.24, 2.45) is 17.3 Å². The largest absolute Gasteiger partial charge is 0.358 e. The monoisotopic (exact) mass is 330 g/mol. The van der Waals surface area contributed by atoms with Crippen LogP contribution in [0.25, 0.3) is 0 Å². The van der Waals surface area contributed by atoms with Crippen molar-refractivity contribution < 1.29 is 19.0 Å². The van der Waals surface area contributed by atoms with Crippen LogP contribution in [0.1, 0.15) is 58.3 Å². The number of Topliss-reactive ketones (excluding diaryl/α,β-unsaturated/α-hetero) is 1. The predicted octanol–water partition coefficient (Wildman–Crippen LogP) is 3.15. The minimum atomic E-state index is -0.375. The lowest BCUT2D eigenvalue weighted by molar-refractivity contribution is -0.185. The summed E-state index contributed by atoms with van der Waals surface area (Å²) in [5.41, 5.74) is 1.34. The number of carbonyl (C=O) groups is 1. The molecule has 4 nitrogen and oxygen atoms in total. The third-order valence-corrected chi connectivity index (χ3v) is 8.38. The van der Waals surface area contributed by atoms with Gasteiger partial charge in [0, 0.05) is 24.7 Å². The Bertz CT molecular complexity index is 663. The Kier molecular flexibility index (Phi) is 2.51. The first-order valence-electron chi connectivity index (χ1n) is 9.75. The summed E-state index contributed by atoms with van der Waals surface area (Å²) >= 11 is 0. The molecule has 0 aromatic carbocycles. The van der Waals surface area contributed by atoms with Gasteiger partial charge in [0.1, 0.15) is 17.0 Å². The number of ether oxygens (including phenoxy) is 3. The molecular weight excluding hydrogens is 304 g/mol. The van der Waals surface area contributed by atoms with E-state index in [1.165, 1.54) is 0 Å². The summed E-state index contributed by atoms with van der Waals surface area (Å²) in [6, 6.07) is 0. The molecule has 0 bridgehead atoms. The second-order valence-corrected chi connectivity index (χ2v) is 9.20. The van der Waals surface area contributed by atoms with E-state index < -0.39 is 0 Å². The molecule has 2 heterocycles. The SMILES string of the molecule is C[C@]12CC=C3[C@@H](CC[C@]45CC6(CC[C@]34O5)OCCO6)[C@@H]1CCC2=O. The fraction of sp³-hybridized carbons (Fsp3) is 0.850. The van der Waals surface area contributed by atoms with E-state index in [0.717, 1.165) is 64.6 Å². The lowest BCUT2D eigenvalue weighted by Crippen LogP contribution is -2.51. The second kappa shape index (κ2) is 4.16. The zero-order chi connectivity index (χ0) is 16.2. The summed E-state index contributed by atoms with van der Waals surface area (Å²) < 4.78 is 18.5. The van der Waals surface area contributed by atoms with Gasteiger partial charge in [0.15, 0.2) is 5.79 Å². The summed E-state index contributed by atoms with van der Waals surface area (Å²) in [6.07, 6.45) is 10.3. The van der Waals surface area contributed by atoms with Gasteiger partial charge in [-0.25, -0.2) is 0 Å². The van der Waals surface area contributed by atoms with Crippen molar-refractivity contribution in [2.75, 3.05) is 13.2 Å². The van der Waals surface area contributed by atoms with Crippen LogP contribution in [-0.4, -0.2) is 36.0 Å². The molecule has 0 radical (unpaired) electrons. The minimum Gasteiger partial charge on any atom is -0.358 e. The maximum Gasteiger partial charge on any atom is 0.171 e. The molecule has 130 valence electrons. The number of hydrogen-bond donors (Lipinski definition) is 0. The zero-order valence-electron chi connectivity index (χ0n) is 14.4. The number of fused-ring (bicyclic) bond motifs is 3. The van der Waals surface area contributed by atoms with Gasteiger partial charge in [-0.3, -0.25) is 4.79 Å². The van der Waals surface area contributed by atoms with Crippen molar-refractivity contribution in [3.8, 4) is 0 Å². The first kappa shape index (κ1) is 14.5. The molecule has 1 spiro atoms. The van der Waals surface area contributed by atoms with Crippen LogP contribution in [0.4, 0.5) is 0 Å². The lowest BCUT2D eigenvalue weighted by atomic mass is 9.54. The second-order valence-electron chi connectivity index (χ2n) is 9.20. The van der Waals surface area contributed by atoms with E-state index in [4.69, 9.17) is 14.2 Å². The maximum absolute atomic E-state index is 12.5. The highest BCUT2D eigenvalue weighted by Gasteiger charge is 2.79. The molecule has 0 aromatic rings. The standard InChI is InChI=1S/C20H26O4/c1-17-6-5-15-13(14(17)2-3-16(17)21)4-7-18-12-19(22-10-11-23-19)8-9-20(15,18)24-18/h5,13-14H,2-4,6-12H2,1H3/t13-,14-,17-,18-,20-/m0/s1. The summed E-state index contributed by atoms with van der Waals surface area (Å²) in [6.45, 7) is 3.65. The summed E-state index contributed by atoms with van der Waals surface area (Å²) in [5, 5.41) is 0. The van der Waals surface area contributed by atoms with E-state index >= 15 is 0 Å². The Morgan fingerprint density at radius 3 is 2.79 bits per heavy atom. The Labute approximate surface area is 142 Å². The van der Waals surface area contributed by atoms with Gasteiger partial charge in [0.2, 0.25) is 0 Å². The van der Waals surface area contributed by atoms with Crippen molar-refractivity contribution in [3.05, 3.63) is 11.6 Å². The van der Waals surface area contributed by atoms with Gasteiger partial charge in [0.25, 0.3) is 0 Å². The first-order valence-corrected chi connectivity index (χ1v) is 9.75. The highest BCUT2D eigenvalue weighted by molar-refractivity contribution is 5.87. The van der Waals surface area contributed by atoms with Crippen LogP contribution >= 0.6 is 0 Å². The summed E-state index contributed by atoms with van der Waals surface area (Å²) in [5.74, 6) is 1.21. The Balaban J connectivity index is 1.37. The van der Waals surface area contributed by atoms with Gasteiger partial charge in [-0.15, -0.1) is 0 Å². The fourth-order valence-electron chi connectivity index (χ4n) is 7.11. The van der Waals surface area contributed by atoms with Gasteiger partial charge in [-0.1, -0.05) is 13.0 Å². The van der Waals surface area contributed by atoms with Gasteiger partial charge in [-0.05, 0) is 49.5 Å². The molecule has 5 fully saturated rings. The van der Waals surface area contributed by atoms with Crippen LogP contribution in [0.2, 0.25) is 0 Å². The number of rotatable bonds is 0. The predicted molar refractivity (Wildman–Crippen MR) is 86.3 cm³/mol. The van der Waals surface area contributed by atoms with Gasteiger partial charge >= 0.3 is 0 Å². The van der Waals surface area contributed by atoms with Crippen molar-refractivity contribution >= 4 is 5.78 Å². The number of ketones is 1. The molecule has 0 unspecified atom stereocenters. The number of allylic oxidation sites excluding steroid dienone is 1. The van der Waals surface area contributed by atoms with Gasteiger partial charge in [-0.2, -0.15) is 0 Å². The van der Waals surface area contributed by atoms with E-state index in [9.17, 15) is 4.79 Å². The minimum absolute atomic E-state index is 0.0473. The number of epoxide rings is 1. The van der Waals surface area contributed by atoms with E-state index in [0.29, 0.717) is 17.6 Å². The summed E-state index contributed by atoms with van der Waals surface area (Å²) in [4.78, 5) is 12.5. The van der Waals surface area contributed by atoms with Crippen molar-refractivity contribution in [1.82, 2.24) is 0 Å². The van der Waals surface area contributed by atoms with Crippen molar-refractivity contribution in [2.45, 2.75) is 75.3 Å².